The van der Waals surface area contributed by atoms with Crippen molar-refractivity contribution in [1.29, 1.82) is 0 Å². The summed E-state index contributed by atoms with van der Waals surface area (Å²) in [5.41, 5.74) is 3.24. The number of fused-ring (bicyclic) bond motifs is 4. The zero-order valence-corrected chi connectivity index (χ0v) is 32.1. The summed E-state index contributed by atoms with van der Waals surface area (Å²) >= 11 is 6.45. The van der Waals surface area contributed by atoms with E-state index in [0.29, 0.717) is 38.4 Å². The maximum atomic E-state index is 13.5. The largest absolute Gasteiger partial charge is 0.490 e. The number of allylic oxidation sites excluding steroid dienone is 1. The first-order valence-electron chi connectivity index (χ1n) is 18.3. The number of carbonyl (C=O) groups excluding carboxylic acids is 2. The molecule has 4 aliphatic rings. The molecule has 0 radical (unpaired) electrons. The number of ether oxygens (including phenoxy) is 2. The highest BCUT2D eigenvalue weighted by Crippen LogP contribution is 2.47. The highest BCUT2D eigenvalue weighted by Gasteiger charge is 2.45. The number of hydrogen-bond donors (Lipinski definition) is 1. The predicted molar refractivity (Wildman–Crippen MR) is 201 cm³/mol. The van der Waals surface area contributed by atoms with Crippen LogP contribution in [0.1, 0.15) is 67.4 Å². The topological polar surface area (TPSA) is 108 Å². The van der Waals surface area contributed by atoms with Crippen LogP contribution in [0.3, 0.4) is 0 Å². The number of anilines is 1. The number of nitrogens with one attached hydrogen (secondary N) is 1. The molecular formula is C39H53ClN4O6S. The van der Waals surface area contributed by atoms with Gasteiger partial charge in [-0.2, -0.15) is 0 Å². The van der Waals surface area contributed by atoms with E-state index < -0.39 is 21.2 Å². The monoisotopic (exact) mass is 740 g/mol. The molecule has 51 heavy (non-hydrogen) atoms. The molecule has 10 nitrogen and oxygen atoms in total. The molecule has 1 N–H and O–H groups in total. The average molecular weight is 741 g/mol. The lowest BCUT2D eigenvalue weighted by Gasteiger charge is -2.46. The molecule has 2 heterocycles. The Labute approximate surface area is 308 Å². The molecule has 1 saturated carbocycles. The minimum Gasteiger partial charge on any atom is -0.490 e. The Kier molecular flexibility index (Phi) is 11.4. The summed E-state index contributed by atoms with van der Waals surface area (Å²) in [5, 5.41) is -0.0936. The van der Waals surface area contributed by atoms with Crippen LogP contribution in [-0.4, -0.2) is 102 Å². The molecule has 6 atom stereocenters. The lowest BCUT2D eigenvalue weighted by molar-refractivity contribution is -0.138. The lowest BCUT2D eigenvalue weighted by atomic mass is 9.68. The number of nitrogens with zero attached hydrogens (tertiary/aromatic N) is 3. The summed E-state index contributed by atoms with van der Waals surface area (Å²) in [4.78, 5) is 32.8. The van der Waals surface area contributed by atoms with Crippen molar-refractivity contribution in [3.05, 3.63) is 70.3 Å². The Bertz CT molecular complexity index is 1750. The average Bonchev–Trinajstić information content (AvgIpc) is 3.23. The van der Waals surface area contributed by atoms with Crippen molar-refractivity contribution in [3.63, 3.8) is 0 Å². The maximum Gasteiger partial charge on any atom is 0.264 e. The van der Waals surface area contributed by atoms with E-state index in [-0.39, 0.29) is 47.4 Å². The van der Waals surface area contributed by atoms with Crippen LogP contribution in [0, 0.1) is 17.8 Å². The first-order valence-corrected chi connectivity index (χ1v) is 20.2. The van der Waals surface area contributed by atoms with Crippen molar-refractivity contribution in [2.75, 3.05) is 65.4 Å². The van der Waals surface area contributed by atoms with Gasteiger partial charge in [0.25, 0.3) is 5.91 Å². The van der Waals surface area contributed by atoms with Crippen LogP contribution in [0.4, 0.5) is 5.69 Å². The van der Waals surface area contributed by atoms with Gasteiger partial charge in [-0.25, -0.2) is 13.1 Å². The Morgan fingerprint density at radius 3 is 2.67 bits per heavy atom. The fourth-order valence-electron chi connectivity index (χ4n) is 8.07. The zero-order chi connectivity index (χ0) is 36.5. The number of rotatable bonds is 6. The third-order valence-electron chi connectivity index (χ3n) is 11.7. The third kappa shape index (κ3) is 8.27. The second kappa shape index (κ2) is 15.5. The van der Waals surface area contributed by atoms with Crippen LogP contribution in [0.25, 0.3) is 0 Å². The van der Waals surface area contributed by atoms with E-state index >= 15 is 0 Å². The summed E-state index contributed by atoms with van der Waals surface area (Å²) in [7, 11) is 1.79. The van der Waals surface area contributed by atoms with Crippen LogP contribution in [0.15, 0.2) is 48.6 Å². The number of benzene rings is 2. The molecule has 6 rings (SSSR count). The number of aryl methyl sites for hydroxylation is 1. The minimum atomic E-state index is -3.98. The van der Waals surface area contributed by atoms with Gasteiger partial charge in [-0.15, -0.1) is 0 Å². The number of sulfonamides is 1. The molecule has 0 unspecified atom stereocenters. The van der Waals surface area contributed by atoms with Crippen LogP contribution in [0.2, 0.25) is 5.02 Å². The first-order chi connectivity index (χ1) is 24.3. The van der Waals surface area contributed by atoms with E-state index in [2.05, 4.69) is 21.8 Å². The number of amides is 2. The summed E-state index contributed by atoms with van der Waals surface area (Å²) in [6.07, 6.45) is 9.07. The van der Waals surface area contributed by atoms with Crippen molar-refractivity contribution in [1.82, 2.24) is 14.5 Å². The number of hydrogen-bond acceptors (Lipinski definition) is 8. The zero-order valence-electron chi connectivity index (χ0n) is 30.6. The Morgan fingerprint density at radius 1 is 1.12 bits per heavy atom. The fraction of sp³-hybridized carbons (Fsp3) is 0.590. The molecule has 0 saturated heterocycles. The summed E-state index contributed by atoms with van der Waals surface area (Å²) in [5.74, 6) is 0.118. The molecule has 2 aliphatic carbocycles. The van der Waals surface area contributed by atoms with Crippen molar-refractivity contribution >= 4 is 39.1 Å². The Hall–Kier alpha value is -3.12. The van der Waals surface area contributed by atoms with E-state index in [1.165, 1.54) is 11.1 Å². The predicted octanol–water partition coefficient (Wildman–Crippen LogP) is 5.29. The van der Waals surface area contributed by atoms with Gasteiger partial charge < -0.3 is 24.2 Å². The van der Waals surface area contributed by atoms with Gasteiger partial charge in [-0.1, -0.05) is 36.7 Å². The number of halogens is 1. The fourth-order valence-corrected chi connectivity index (χ4v) is 9.55. The van der Waals surface area contributed by atoms with Gasteiger partial charge in [0, 0.05) is 49.2 Å². The highest BCUT2D eigenvalue weighted by molar-refractivity contribution is 7.90. The standard InChI is InChI=1S/C39H53ClN4O6S/c1-26-8-6-10-35(49-23-37(45)43(5)19-18-42(3)4)32-14-11-30(32)22-44-24-39(17-7-9-28-20-31(40)13-15-33(28)39)25-50-36-16-12-29(21-34(36)44)38(46)41-51(47,48)27(26)2/h6,10,12-13,15-16,20-21,26-27,30,32,35H,7-9,11,14,17-19,22-25H2,1-5H3,(H,41,46)/b10-6-/t26-,27+,30-,32+,35-,39-/m0/s1. The summed E-state index contributed by atoms with van der Waals surface area (Å²) in [6.45, 7) is 6.70. The summed E-state index contributed by atoms with van der Waals surface area (Å²) in [6, 6.07) is 11.4. The third-order valence-corrected chi connectivity index (χ3v) is 13.9. The molecule has 278 valence electrons. The van der Waals surface area contributed by atoms with Gasteiger partial charge in [0.2, 0.25) is 15.9 Å². The molecule has 0 aromatic heterocycles. The molecular weight excluding hydrogens is 688 g/mol. The van der Waals surface area contributed by atoms with Crippen LogP contribution in [0.5, 0.6) is 5.75 Å². The summed E-state index contributed by atoms with van der Waals surface area (Å²) < 4.78 is 42.3. The van der Waals surface area contributed by atoms with E-state index in [0.717, 1.165) is 49.4 Å². The van der Waals surface area contributed by atoms with Gasteiger partial charge in [-0.3, -0.25) is 9.59 Å². The van der Waals surface area contributed by atoms with Gasteiger partial charge in [0.15, 0.2) is 0 Å². The molecule has 2 aromatic carbocycles. The van der Waals surface area contributed by atoms with Gasteiger partial charge in [0.05, 0.1) is 23.6 Å². The molecule has 2 aromatic rings. The second-order valence-corrected chi connectivity index (χ2v) is 18.0. The highest BCUT2D eigenvalue weighted by atomic mass is 35.5. The maximum absolute atomic E-state index is 13.5. The normalized spacial score (nSPS) is 29.5. The molecule has 2 amide bonds. The van der Waals surface area contributed by atoms with Crippen molar-refractivity contribution in [2.24, 2.45) is 17.8 Å². The smallest absolute Gasteiger partial charge is 0.264 e. The Morgan fingerprint density at radius 2 is 1.92 bits per heavy atom. The van der Waals surface area contributed by atoms with Crippen molar-refractivity contribution in [2.45, 2.75) is 69.1 Å². The quantitative estimate of drug-likeness (QED) is 0.399. The minimum absolute atomic E-state index is 0.0271. The molecule has 12 heteroatoms. The van der Waals surface area contributed by atoms with Gasteiger partial charge in [-0.05, 0) is 119 Å². The van der Waals surface area contributed by atoms with Crippen LogP contribution < -0.4 is 14.4 Å². The van der Waals surface area contributed by atoms with Crippen LogP contribution in [-0.2, 0) is 31.4 Å². The second-order valence-electron chi connectivity index (χ2n) is 15.5. The van der Waals surface area contributed by atoms with Crippen molar-refractivity contribution in [3.8, 4) is 5.75 Å². The molecule has 2 bridgehead atoms. The van der Waals surface area contributed by atoms with Gasteiger partial charge in [0.1, 0.15) is 12.4 Å². The van der Waals surface area contributed by atoms with E-state index in [9.17, 15) is 18.0 Å². The van der Waals surface area contributed by atoms with Crippen LogP contribution >= 0.6 is 11.6 Å². The van der Waals surface area contributed by atoms with Gasteiger partial charge >= 0.3 is 0 Å². The lowest BCUT2D eigenvalue weighted by Crippen LogP contribution is -2.50. The Balaban J connectivity index is 1.35. The number of carbonyl (C=O) groups is 2. The SMILES string of the molecule is C[C@@H]1[C@@H](C)C/C=C\[C@H](OCC(=O)N(C)CCN(C)C)[C@@H]2CC[C@H]2CN2C[C@@]3(CCCc4cc(Cl)ccc43)COc3ccc(cc32)C(=O)NS1(=O)=O. The molecule has 1 fully saturated rings. The van der Waals surface area contributed by atoms with Crippen molar-refractivity contribution < 1.29 is 27.5 Å². The van der Waals surface area contributed by atoms with E-state index in [4.69, 9.17) is 21.1 Å². The molecule has 2 aliphatic heterocycles. The van der Waals surface area contributed by atoms with E-state index in [1.807, 2.05) is 44.1 Å². The first kappa shape index (κ1) is 37.6. The molecule has 1 spiro atoms. The number of likely N-dealkylation sites (N-methyl/N-ethyl adjacent to an activating group) is 2. The van der Waals surface area contributed by atoms with E-state index in [1.54, 1.807) is 37.1 Å².